The van der Waals surface area contributed by atoms with Gasteiger partial charge in [0.15, 0.2) is 10.6 Å². The van der Waals surface area contributed by atoms with Crippen molar-refractivity contribution in [1.29, 1.82) is 0 Å². The quantitative estimate of drug-likeness (QED) is 0.185. The number of carbonyl (C=O) groups excluding carboxylic acids is 2. The number of hydrogen-bond acceptors (Lipinski definition) is 6. The van der Waals surface area contributed by atoms with E-state index in [9.17, 15) is 19.7 Å². The highest BCUT2D eigenvalue weighted by Crippen LogP contribution is 2.69. The van der Waals surface area contributed by atoms with Crippen LogP contribution in [0.4, 0.5) is 0 Å². The lowest BCUT2D eigenvalue weighted by Crippen LogP contribution is -2.69. The summed E-state index contributed by atoms with van der Waals surface area (Å²) in [6, 6.07) is 0. The fourth-order valence-corrected chi connectivity index (χ4v) is 10.0. The van der Waals surface area contributed by atoms with Crippen LogP contribution in [-0.2, 0) is 19.1 Å². The molecule has 0 radical (unpaired) electrons. The number of hydrogen-bond donors (Lipinski definition) is 0. The average Bonchev–Trinajstić information content (AvgIpc) is 3.16. The third-order valence-corrected chi connectivity index (χ3v) is 11.6. The Kier molecular flexibility index (Phi) is 8.55. The highest BCUT2D eigenvalue weighted by molar-refractivity contribution is 5.96. The smallest absolute Gasteiger partial charge is 0.303 e. The fourth-order valence-electron chi connectivity index (χ4n) is 10.0. The third kappa shape index (κ3) is 5.38. The minimum Gasteiger partial charge on any atom is -0.462 e. The highest BCUT2D eigenvalue weighted by Gasteiger charge is 2.70. The zero-order valence-corrected chi connectivity index (χ0v) is 25.2. The molecular formula is C31H50N2O6. The van der Waals surface area contributed by atoms with Gasteiger partial charge in [-0.1, -0.05) is 53.9 Å². The van der Waals surface area contributed by atoms with Crippen molar-refractivity contribution in [3.63, 3.8) is 0 Å². The second kappa shape index (κ2) is 11.1. The number of ether oxygens (including phenoxy) is 2. The van der Waals surface area contributed by atoms with Gasteiger partial charge in [-0.25, -0.2) is 10.1 Å². The van der Waals surface area contributed by atoms with Gasteiger partial charge in [0.05, 0.1) is 5.10 Å². The lowest BCUT2D eigenvalue weighted by Gasteiger charge is -2.64. The van der Waals surface area contributed by atoms with Crippen LogP contribution in [0.25, 0.3) is 0 Å². The Balaban J connectivity index is 1.69. The zero-order valence-electron chi connectivity index (χ0n) is 25.2. The summed E-state index contributed by atoms with van der Waals surface area (Å²) in [5.41, 5.74) is -1.16. The average molecular weight is 547 g/mol. The number of hydrazone groups is 1. The van der Waals surface area contributed by atoms with Gasteiger partial charge < -0.3 is 9.47 Å². The summed E-state index contributed by atoms with van der Waals surface area (Å²) in [6.45, 7) is 14.4. The molecule has 0 saturated heterocycles. The lowest BCUT2D eigenvalue weighted by molar-refractivity contribution is -0.486. The van der Waals surface area contributed by atoms with Crippen LogP contribution in [0.3, 0.4) is 0 Å². The van der Waals surface area contributed by atoms with Crippen molar-refractivity contribution in [2.75, 3.05) is 0 Å². The number of esters is 2. The molecule has 8 heteroatoms. The van der Waals surface area contributed by atoms with Crippen LogP contribution in [0, 0.1) is 56.5 Å². The number of nitrogens with zero attached hydrogens (tertiary/aromatic N) is 2. The monoisotopic (exact) mass is 546 g/mol. The molecule has 4 aliphatic rings. The van der Waals surface area contributed by atoms with Gasteiger partial charge in [-0.2, -0.15) is 0 Å². The Labute approximate surface area is 234 Å². The predicted molar refractivity (Wildman–Crippen MR) is 149 cm³/mol. The summed E-state index contributed by atoms with van der Waals surface area (Å²) in [7, 11) is 0. The minimum absolute atomic E-state index is 0.213. The minimum atomic E-state index is -1.23. The van der Waals surface area contributed by atoms with E-state index in [-0.39, 0.29) is 23.7 Å². The summed E-state index contributed by atoms with van der Waals surface area (Å²) < 4.78 is 11.8. The van der Waals surface area contributed by atoms with Gasteiger partial charge in [0.25, 0.3) is 0 Å². The van der Waals surface area contributed by atoms with Crippen LogP contribution < -0.4 is 0 Å². The number of carbonyl (C=O) groups is 2. The molecule has 4 aliphatic carbocycles. The van der Waals surface area contributed by atoms with Gasteiger partial charge in [0, 0.05) is 25.7 Å². The van der Waals surface area contributed by atoms with Crippen molar-refractivity contribution in [3.8, 4) is 0 Å². The van der Waals surface area contributed by atoms with E-state index >= 15 is 0 Å². The van der Waals surface area contributed by atoms with E-state index in [2.05, 4.69) is 39.7 Å². The summed E-state index contributed by atoms with van der Waals surface area (Å²) in [4.78, 5) is 36.3. The topological polar surface area (TPSA) is 108 Å². The van der Waals surface area contributed by atoms with Crippen LogP contribution >= 0.6 is 0 Å². The molecule has 0 aliphatic heterocycles. The van der Waals surface area contributed by atoms with Crippen LogP contribution in [-0.4, -0.2) is 34.4 Å². The van der Waals surface area contributed by atoms with E-state index in [1.54, 1.807) is 0 Å². The Morgan fingerprint density at radius 1 is 1.03 bits per heavy atom. The fraction of sp³-hybridized carbons (Fsp3) is 0.903. The maximum atomic E-state index is 12.5. The number of nitro groups is 1. The second-order valence-corrected chi connectivity index (χ2v) is 14.2. The standard InChI is InChI=1S/C31H50N2O6/c1-19(2)9-8-10-20(3)25-11-12-26-24-17-28(32-33(36)37)31(39-22(5)35)18-23(38-21(4)34)13-16-30(31,7)27(24)14-15-29(25,26)6/h19-20,23-27H,8-18H2,1-7H3/b32-28+/t20-,23+,24+,25-,26+,27+,29-,30-,31+/m1/s1. The molecule has 4 saturated carbocycles. The summed E-state index contributed by atoms with van der Waals surface area (Å²) in [5.74, 6) is 2.22. The molecule has 8 nitrogen and oxygen atoms in total. The first kappa shape index (κ1) is 30.0. The first-order valence-corrected chi connectivity index (χ1v) is 15.3. The molecule has 39 heavy (non-hydrogen) atoms. The number of fused-ring (bicyclic) bond motifs is 5. The van der Waals surface area contributed by atoms with Crippen molar-refractivity contribution >= 4 is 17.7 Å². The SMILES string of the molecule is CC(=O)O[C@H]1CC[C@]2(C)[C@H]3CC[C@]4(C)[C@@H]([C@H](C)CCCC(C)C)CC[C@H]4[C@@H]3C/C(=N\[N+](=O)[O-])[C@@]2(OC(C)=O)C1. The Bertz CT molecular complexity index is 996. The van der Waals surface area contributed by atoms with E-state index in [1.807, 2.05) is 0 Å². The maximum absolute atomic E-state index is 12.5. The molecule has 0 aromatic rings. The van der Waals surface area contributed by atoms with Gasteiger partial charge in [-0.15, -0.1) is 0 Å². The van der Waals surface area contributed by atoms with Crippen molar-refractivity contribution in [2.24, 2.45) is 51.4 Å². The third-order valence-electron chi connectivity index (χ3n) is 11.6. The molecule has 0 bridgehead atoms. The molecule has 0 aromatic carbocycles. The van der Waals surface area contributed by atoms with Crippen molar-refractivity contribution in [3.05, 3.63) is 10.1 Å². The van der Waals surface area contributed by atoms with Gasteiger partial charge in [-0.3, -0.25) is 9.59 Å². The van der Waals surface area contributed by atoms with Crippen LogP contribution in [0.5, 0.6) is 0 Å². The van der Waals surface area contributed by atoms with Gasteiger partial charge in [0.2, 0.25) is 0 Å². The highest BCUT2D eigenvalue weighted by atomic mass is 16.7. The van der Waals surface area contributed by atoms with E-state index < -0.39 is 34.1 Å². The van der Waals surface area contributed by atoms with Crippen molar-refractivity contribution < 1.29 is 24.1 Å². The van der Waals surface area contributed by atoms with Gasteiger partial charge in [-0.05, 0) is 85.9 Å². The van der Waals surface area contributed by atoms with Crippen molar-refractivity contribution in [2.45, 2.75) is 131 Å². The first-order valence-electron chi connectivity index (χ1n) is 15.3. The Hall–Kier alpha value is -1.99. The normalized spacial score (nSPS) is 41.3. The molecule has 0 unspecified atom stereocenters. The zero-order chi connectivity index (χ0) is 28.8. The van der Waals surface area contributed by atoms with E-state index in [0.717, 1.165) is 25.2 Å². The molecule has 0 spiro atoms. The van der Waals surface area contributed by atoms with E-state index in [1.165, 1.54) is 39.5 Å². The van der Waals surface area contributed by atoms with E-state index in [0.29, 0.717) is 42.7 Å². The maximum Gasteiger partial charge on any atom is 0.303 e. The van der Waals surface area contributed by atoms with Gasteiger partial charge >= 0.3 is 11.9 Å². The van der Waals surface area contributed by atoms with Crippen LogP contribution in [0.2, 0.25) is 0 Å². The predicted octanol–water partition coefficient (Wildman–Crippen LogP) is 6.97. The Morgan fingerprint density at radius 2 is 1.74 bits per heavy atom. The second-order valence-electron chi connectivity index (χ2n) is 14.2. The first-order chi connectivity index (χ1) is 18.2. The lowest BCUT2D eigenvalue weighted by atomic mass is 9.42. The summed E-state index contributed by atoms with van der Waals surface area (Å²) in [5, 5.41) is 15.2. The molecule has 9 atom stereocenters. The molecular weight excluding hydrogens is 496 g/mol. The number of rotatable bonds is 8. The van der Waals surface area contributed by atoms with Crippen LogP contribution in [0.1, 0.15) is 119 Å². The molecule has 4 rings (SSSR count). The van der Waals surface area contributed by atoms with E-state index in [4.69, 9.17) is 9.47 Å². The molecule has 0 aromatic heterocycles. The van der Waals surface area contributed by atoms with Crippen molar-refractivity contribution in [1.82, 2.24) is 0 Å². The summed E-state index contributed by atoms with van der Waals surface area (Å²) in [6.07, 6.45) is 9.91. The Morgan fingerprint density at radius 3 is 2.36 bits per heavy atom. The van der Waals surface area contributed by atoms with Crippen LogP contribution in [0.15, 0.2) is 5.10 Å². The molecule has 0 N–H and O–H groups in total. The summed E-state index contributed by atoms with van der Waals surface area (Å²) >= 11 is 0. The van der Waals surface area contributed by atoms with Gasteiger partial charge in [0.1, 0.15) is 11.8 Å². The molecule has 220 valence electrons. The molecule has 4 fully saturated rings. The molecule has 0 amide bonds. The largest absolute Gasteiger partial charge is 0.462 e. The molecule has 0 heterocycles.